The second-order valence-corrected chi connectivity index (χ2v) is 16.2. The zero-order valence-corrected chi connectivity index (χ0v) is 29.3. The maximum Gasteiger partial charge on any atom is 0.344 e. The van der Waals surface area contributed by atoms with Crippen LogP contribution in [0.15, 0.2) is 112 Å². The highest BCUT2D eigenvalue weighted by Gasteiger charge is 2.57. The van der Waals surface area contributed by atoms with Crippen molar-refractivity contribution in [3.05, 3.63) is 106 Å². The predicted octanol–water partition coefficient (Wildman–Crippen LogP) is 9.11. The van der Waals surface area contributed by atoms with Gasteiger partial charge in [-0.1, -0.05) is 36.4 Å². The molecule has 4 saturated carbocycles. The van der Waals surface area contributed by atoms with Crippen molar-refractivity contribution in [3.63, 3.8) is 0 Å². The lowest BCUT2D eigenvalue weighted by Crippen LogP contribution is -2.58. The number of hydrogen-bond acceptors (Lipinski definition) is 5. The normalized spacial score (nSPS) is 24.5. The number of halogens is 1. The van der Waals surface area contributed by atoms with Gasteiger partial charge in [0.1, 0.15) is 18.0 Å². The summed E-state index contributed by atoms with van der Waals surface area (Å²) in [7, 11) is 1.41. The van der Waals surface area contributed by atoms with Crippen molar-refractivity contribution in [1.29, 1.82) is 0 Å². The lowest BCUT2D eigenvalue weighted by atomic mass is 9.50. The molecule has 4 bridgehead atoms. The molecule has 0 aliphatic heterocycles. The maximum absolute atomic E-state index is 13.1. The minimum atomic E-state index is -0.366. The van der Waals surface area contributed by atoms with Gasteiger partial charge in [-0.2, -0.15) is 0 Å². The van der Waals surface area contributed by atoms with E-state index in [0.717, 1.165) is 26.7 Å². The largest absolute Gasteiger partial charge is 0.493 e. The highest BCUT2D eigenvalue weighted by Crippen LogP contribution is 2.59. The van der Waals surface area contributed by atoms with Gasteiger partial charge >= 0.3 is 5.97 Å². The van der Waals surface area contributed by atoms with Gasteiger partial charge in [-0.3, -0.25) is 0 Å². The van der Waals surface area contributed by atoms with Crippen LogP contribution in [0.2, 0.25) is 0 Å². The van der Waals surface area contributed by atoms with Crippen LogP contribution < -0.4 is 14.2 Å². The maximum atomic E-state index is 13.1. The average Bonchev–Trinajstić information content (AvgIpc) is 3.07. The number of rotatable bonds is 11. The molecule has 0 aromatic heterocycles. The van der Waals surface area contributed by atoms with E-state index in [-0.39, 0.29) is 29.1 Å². The summed E-state index contributed by atoms with van der Waals surface area (Å²) in [5, 5.41) is 0. The average molecular weight is 748 g/mol. The van der Waals surface area contributed by atoms with Crippen LogP contribution >= 0.6 is 22.6 Å². The molecule has 0 radical (unpaired) electrons. The van der Waals surface area contributed by atoms with Gasteiger partial charge in [-0.05, 0) is 152 Å². The molecule has 46 heavy (non-hydrogen) atoms. The first-order chi connectivity index (χ1) is 22.4. The van der Waals surface area contributed by atoms with Crippen molar-refractivity contribution in [2.24, 2.45) is 23.7 Å². The van der Waals surface area contributed by atoms with E-state index in [0.29, 0.717) is 29.9 Å². The smallest absolute Gasteiger partial charge is 0.344 e. The monoisotopic (exact) mass is 747 g/mol. The highest BCUT2D eigenvalue weighted by molar-refractivity contribution is 14.1. The van der Waals surface area contributed by atoms with Crippen molar-refractivity contribution in [2.75, 3.05) is 13.7 Å². The van der Waals surface area contributed by atoms with E-state index in [2.05, 4.69) is 102 Å². The van der Waals surface area contributed by atoms with E-state index in [1.807, 2.05) is 24.3 Å². The summed E-state index contributed by atoms with van der Waals surface area (Å²) in [6, 6.07) is 33.6. The van der Waals surface area contributed by atoms with Crippen LogP contribution in [0.3, 0.4) is 0 Å². The van der Waals surface area contributed by atoms with E-state index in [1.54, 1.807) is 7.11 Å². The molecule has 0 heterocycles. The number of carbonyl (C=O) groups is 1. The van der Waals surface area contributed by atoms with Gasteiger partial charge < -0.3 is 18.9 Å². The molecule has 0 N–H and O–H groups in total. The van der Waals surface area contributed by atoms with Gasteiger partial charge in [-0.15, -0.1) is 0 Å². The van der Waals surface area contributed by atoms with E-state index in [4.69, 9.17) is 18.9 Å². The Kier molecular flexibility index (Phi) is 9.23. The minimum Gasteiger partial charge on any atom is -0.493 e. The number of esters is 1. The summed E-state index contributed by atoms with van der Waals surface area (Å²) < 4.78 is 25.0. The highest BCUT2D eigenvalue weighted by atomic mass is 127. The Labute approximate surface area is 288 Å². The first kappa shape index (κ1) is 31.4. The molecule has 0 saturated heterocycles. The van der Waals surface area contributed by atoms with E-state index in [1.165, 1.54) is 46.8 Å². The molecular formula is C39H40IO5S+. The summed E-state index contributed by atoms with van der Waals surface area (Å²) in [5.74, 6) is 4.23. The Morgan fingerprint density at radius 3 is 1.91 bits per heavy atom. The van der Waals surface area contributed by atoms with Gasteiger partial charge in [0.2, 0.25) is 0 Å². The molecule has 4 aliphatic rings. The second-order valence-electron chi connectivity index (χ2n) is 13.1. The topological polar surface area (TPSA) is 54.0 Å². The Morgan fingerprint density at radius 2 is 1.35 bits per heavy atom. The van der Waals surface area contributed by atoms with E-state index >= 15 is 0 Å². The third-order valence-electron chi connectivity index (χ3n) is 10.1. The van der Waals surface area contributed by atoms with Crippen LogP contribution in [0, 0.1) is 27.2 Å². The Morgan fingerprint density at radius 1 is 0.783 bits per heavy atom. The van der Waals surface area contributed by atoms with E-state index in [9.17, 15) is 4.79 Å². The van der Waals surface area contributed by atoms with Crippen LogP contribution in [-0.4, -0.2) is 25.3 Å². The Hall–Kier alpha value is -3.17. The number of carbonyl (C=O) groups excluding carboxylic acids is 1. The Balaban J connectivity index is 0.984. The fourth-order valence-electron chi connectivity index (χ4n) is 8.05. The van der Waals surface area contributed by atoms with Gasteiger partial charge in [0.05, 0.1) is 21.6 Å². The zero-order valence-electron chi connectivity index (χ0n) is 26.3. The molecule has 238 valence electrons. The summed E-state index contributed by atoms with van der Waals surface area (Å²) in [6.07, 6.45) is 6.15. The van der Waals surface area contributed by atoms with Crippen LogP contribution in [0.1, 0.15) is 44.6 Å². The molecular weight excluding hydrogens is 707 g/mol. The quantitative estimate of drug-likeness (QED) is 0.0871. The molecule has 5 nitrogen and oxygen atoms in total. The predicted molar refractivity (Wildman–Crippen MR) is 189 cm³/mol. The molecule has 4 aromatic carbocycles. The van der Waals surface area contributed by atoms with Gasteiger partial charge in [-0.25, -0.2) is 4.79 Å². The van der Waals surface area contributed by atoms with Crippen molar-refractivity contribution >= 4 is 39.5 Å². The first-order valence-corrected chi connectivity index (χ1v) is 18.5. The lowest BCUT2D eigenvalue weighted by molar-refractivity contribution is -0.204. The number of hydrogen-bond donors (Lipinski definition) is 0. The SMILES string of the molecule is COc1cc(COc2ccc([S+](c3ccccc3)c3ccccc3)cc2)cc(I)c1OCC(=O)OC1(C)C2CC3CC(C2)CC1C3. The van der Waals surface area contributed by atoms with Crippen molar-refractivity contribution < 1.29 is 23.7 Å². The number of methoxy groups -OCH3 is 1. The molecule has 0 spiro atoms. The fraction of sp³-hybridized carbons (Fsp3) is 0.359. The molecule has 0 atom stereocenters. The van der Waals surface area contributed by atoms with Crippen LogP contribution in [0.5, 0.6) is 17.2 Å². The van der Waals surface area contributed by atoms with Crippen LogP contribution in [0.25, 0.3) is 0 Å². The van der Waals surface area contributed by atoms with Crippen LogP contribution in [0.4, 0.5) is 0 Å². The fourth-order valence-corrected chi connectivity index (χ4v) is 11.0. The van der Waals surface area contributed by atoms with Crippen molar-refractivity contribution in [1.82, 2.24) is 0 Å². The molecule has 4 fully saturated rings. The summed E-state index contributed by atoms with van der Waals surface area (Å²) in [5.41, 5.74) is 0.587. The molecule has 0 amide bonds. The third-order valence-corrected chi connectivity index (χ3v) is 13.2. The number of benzene rings is 4. The molecule has 0 unspecified atom stereocenters. The molecule has 8 rings (SSSR count). The van der Waals surface area contributed by atoms with Gasteiger partial charge in [0, 0.05) is 0 Å². The standard InChI is InChI=1S/C39H40IO5S/c1-39(29-18-26-17-27(20-29)21-30(39)19-26)45-37(41)25-44-38-35(40)22-28(23-36(38)42-2)24-43-31-13-15-34(16-14-31)46(32-9-5-3-6-10-32)33-11-7-4-8-12-33/h3-16,22-23,26-27,29-30H,17-21,24-25H2,1-2H3/q+1. The molecule has 4 aliphatic carbocycles. The van der Waals surface area contributed by atoms with Crippen molar-refractivity contribution in [2.45, 2.75) is 65.9 Å². The summed E-state index contributed by atoms with van der Waals surface area (Å²) in [6.45, 7) is 2.40. The molecule has 4 aromatic rings. The second kappa shape index (κ2) is 13.5. The van der Waals surface area contributed by atoms with E-state index < -0.39 is 0 Å². The Bertz CT molecular complexity index is 1590. The zero-order chi connectivity index (χ0) is 31.7. The third kappa shape index (κ3) is 6.50. The minimum absolute atomic E-state index is 0.135. The van der Waals surface area contributed by atoms with Crippen LogP contribution in [-0.2, 0) is 27.0 Å². The lowest BCUT2D eigenvalue weighted by Gasteiger charge is -2.59. The summed E-state index contributed by atoms with van der Waals surface area (Å²) in [4.78, 5) is 16.9. The van der Waals surface area contributed by atoms with Gasteiger partial charge in [0.15, 0.2) is 32.8 Å². The number of ether oxygens (including phenoxy) is 4. The first-order valence-electron chi connectivity index (χ1n) is 16.2. The van der Waals surface area contributed by atoms with Gasteiger partial charge in [0.25, 0.3) is 0 Å². The summed E-state index contributed by atoms with van der Waals surface area (Å²) >= 11 is 2.23. The van der Waals surface area contributed by atoms with Crippen molar-refractivity contribution in [3.8, 4) is 17.2 Å². The molecule has 7 heteroatoms.